The SMILES string of the molecule is COc1ccc(/C=N/NC(=O)Nc2ccc(Br)c(C)c2)cc1O. The first-order valence-corrected chi connectivity index (χ1v) is 7.52. The number of carbonyl (C=O) groups is 1. The Morgan fingerprint density at radius 1 is 1.30 bits per heavy atom. The number of anilines is 1. The van der Waals surface area contributed by atoms with Crippen LogP contribution in [0.25, 0.3) is 0 Å². The van der Waals surface area contributed by atoms with Crippen molar-refractivity contribution in [1.82, 2.24) is 5.43 Å². The number of hydrogen-bond donors (Lipinski definition) is 3. The van der Waals surface area contributed by atoms with Crippen LogP contribution in [-0.4, -0.2) is 24.5 Å². The molecule has 0 aliphatic carbocycles. The number of carbonyl (C=O) groups excluding carboxylic acids is 1. The molecular formula is C16H16BrN3O3. The highest BCUT2D eigenvalue weighted by molar-refractivity contribution is 9.10. The number of nitrogens with zero attached hydrogens (tertiary/aromatic N) is 1. The standard InChI is InChI=1S/C16H16BrN3O3/c1-10-7-12(4-5-13(10)17)19-16(22)20-18-9-11-3-6-15(23-2)14(21)8-11/h3-9,21H,1-2H3,(H2,19,20,22)/b18-9+. The number of phenolic OH excluding ortho intramolecular Hbond substituents is 1. The van der Waals surface area contributed by atoms with Crippen LogP contribution in [0.3, 0.4) is 0 Å². The third kappa shape index (κ3) is 4.72. The smallest absolute Gasteiger partial charge is 0.339 e. The summed E-state index contributed by atoms with van der Waals surface area (Å²) in [6, 6.07) is 9.83. The number of rotatable bonds is 4. The largest absolute Gasteiger partial charge is 0.504 e. The summed E-state index contributed by atoms with van der Waals surface area (Å²) in [5.41, 5.74) is 4.67. The van der Waals surface area contributed by atoms with E-state index in [1.165, 1.54) is 19.4 Å². The molecule has 0 saturated heterocycles. The molecule has 120 valence electrons. The lowest BCUT2D eigenvalue weighted by Gasteiger charge is -2.06. The molecule has 2 aromatic rings. The van der Waals surface area contributed by atoms with Gasteiger partial charge in [-0.05, 0) is 54.4 Å². The van der Waals surface area contributed by atoms with Crippen molar-refractivity contribution >= 4 is 33.9 Å². The molecule has 0 saturated carbocycles. The first kappa shape index (κ1) is 16.8. The van der Waals surface area contributed by atoms with Crippen molar-refractivity contribution in [3.63, 3.8) is 0 Å². The van der Waals surface area contributed by atoms with Gasteiger partial charge < -0.3 is 15.2 Å². The number of halogens is 1. The molecule has 2 amide bonds. The number of hydrazone groups is 1. The van der Waals surface area contributed by atoms with Crippen LogP contribution in [0.5, 0.6) is 11.5 Å². The summed E-state index contributed by atoms with van der Waals surface area (Å²) in [4.78, 5) is 11.7. The Bertz CT molecular complexity index is 747. The lowest BCUT2D eigenvalue weighted by atomic mass is 10.2. The van der Waals surface area contributed by atoms with Crippen LogP contribution in [-0.2, 0) is 0 Å². The molecule has 6 nitrogen and oxygen atoms in total. The van der Waals surface area contributed by atoms with E-state index in [9.17, 15) is 9.90 Å². The molecule has 0 radical (unpaired) electrons. The number of amides is 2. The van der Waals surface area contributed by atoms with Crippen molar-refractivity contribution in [1.29, 1.82) is 0 Å². The van der Waals surface area contributed by atoms with Crippen LogP contribution in [0.1, 0.15) is 11.1 Å². The molecule has 3 N–H and O–H groups in total. The van der Waals surface area contributed by atoms with Crippen molar-refractivity contribution in [3.8, 4) is 11.5 Å². The first-order chi connectivity index (χ1) is 11.0. The number of benzene rings is 2. The normalized spacial score (nSPS) is 10.6. The lowest BCUT2D eigenvalue weighted by Crippen LogP contribution is -2.24. The van der Waals surface area contributed by atoms with E-state index < -0.39 is 6.03 Å². The molecular weight excluding hydrogens is 362 g/mol. The fourth-order valence-corrected chi connectivity index (χ4v) is 2.08. The third-order valence-electron chi connectivity index (χ3n) is 3.00. The van der Waals surface area contributed by atoms with E-state index in [0.29, 0.717) is 17.0 Å². The summed E-state index contributed by atoms with van der Waals surface area (Å²) >= 11 is 3.40. The molecule has 0 aromatic heterocycles. The molecule has 2 rings (SSSR count). The predicted octanol–water partition coefficient (Wildman–Crippen LogP) is 3.63. The third-order valence-corrected chi connectivity index (χ3v) is 3.89. The van der Waals surface area contributed by atoms with Crippen LogP contribution < -0.4 is 15.5 Å². The van der Waals surface area contributed by atoms with Gasteiger partial charge in [-0.3, -0.25) is 0 Å². The molecule has 0 fully saturated rings. The van der Waals surface area contributed by atoms with Gasteiger partial charge >= 0.3 is 6.03 Å². The second-order valence-corrected chi connectivity index (χ2v) is 5.57. The Balaban J connectivity index is 1.93. The fraction of sp³-hybridized carbons (Fsp3) is 0.125. The second-order valence-electron chi connectivity index (χ2n) is 4.72. The predicted molar refractivity (Wildman–Crippen MR) is 93.3 cm³/mol. The number of nitrogens with one attached hydrogen (secondary N) is 2. The van der Waals surface area contributed by atoms with Gasteiger partial charge in [0.2, 0.25) is 0 Å². The molecule has 23 heavy (non-hydrogen) atoms. The minimum Gasteiger partial charge on any atom is -0.504 e. The van der Waals surface area contributed by atoms with Crippen molar-refractivity contribution in [2.75, 3.05) is 12.4 Å². The molecule has 0 unspecified atom stereocenters. The van der Waals surface area contributed by atoms with Crippen LogP contribution in [0.4, 0.5) is 10.5 Å². The van der Waals surface area contributed by atoms with E-state index in [2.05, 4.69) is 31.8 Å². The first-order valence-electron chi connectivity index (χ1n) is 6.73. The van der Waals surface area contributed by atoms with E-state index in [1.807, 2.05) is 19.1 Å². The van der Waals surface area contributed by atoms with Crippen molar-refractivity contribution in [2.45, 2.75) is 6.92 Å². The van der Waals surface area contributed by atoms with E-state index in [4.69, 9.17) is 4.74 Å². The Kier molecular flexibility index (Phi) is 5.59. The zero-order valence-corrected chi connectivity index (χ0v) is 14.2. The molecule has 0 aliphatic rings. The molecule has 2 aromatic carbocycles. The maximum Gasteiger partial charge on any atom is 0.339 e. The van der Waals surface area contributed by atoms with Crippen molar-refractivity contribution in [3.05, 3.63) is 52.0 Å². The van der Waals surface area contributed by atoms with Crippen LogP contribution in [0, 0.1) is 6.92 Å². The van der Waals surface area contributed by atoms with Crippen LogP contribution in [0.15, 0.2) is 46.0 Å². The Morgan fingerprint density at radius 2 is 2.09 bits per heavy atom. The molecule has 0 bridgehead atoms. The van der Waals surface area contributed by atoms with Gasteiger partial charge in [0, 0.05) is 10.2 Å². The molecule has 0 atom stereocenters. The van der Waals surface area contributed by atoms with Crippen LogP contribution >= 0.6 is 15.9 Å². The molecule has 7 heteroatoms. The maximum absolute atomic E-state index is 11.7. The highest BCUT2D eigenvalue weighted by Gasteiger charge is 2.03. The minimum absolute atomic E-state index is 0.00578. The summed E-state index contributed by atoms with van der Waals surface area (Å²) in [6.07, 6.45) is 1.42. The average molecular weight is 378 g/mol. The van der Waals surface area contributed by atoms with Gasteiger partial charge in [-0.2, -0.15) is 5.10 Å². The van der Waals surface area contributed by atoms with Crippen molar-refractivity contribution < 1.29 is 14.6 Å². The molecule has 0 aliphatic heterocycles. The van der Waals surface area contributed by atoms with Gasteiger partial charge in [0.1, 0.15) is 0 Å². The summed E-state index contributed by atoms with van der Waals surface area (Å²) in [7, 11) is 1.47. The van der Waals surface area contributed by atoms with Crippen LogP contribution in [0.2, 0.25) is 0 Å². The Morgan fingerprint density at radius 3 is 2.74 bits per heavy atom. The van der Waals surface area contributed by atoms with Gasteiger partial charge in [-0.1, -0.05) is 15.9 Å². The van der Waals surface area contributed by atoms with E-state index >= 15 is 0 Å². The number of ether oxygens (including phenoxy) is 1. The summed E-state index contributed by atoms with van der Waals surface area (Å²) in [5, 5.41) is 16.2. The lowest BCUT2D eigenvalue weighted by molar-refractivity contribution is 0.252. The number of aryl methyl sites for hydroxylation is 1. The zero-order valence-electron chi connectivity index (χ0n) is 12.6. The van der Waals surface area contributed by atoms with E-state index in [-0.39, 0.29) is 5.75 Å². The number of aromatic hydroxyl groups is 1. The second kappa shape index (κ2) is 7.64. The highest BCUT2D eigenvalue weighted by atomic mass is 79.9. The number of urea groups is 1. The van der Waals surface area contributed by atoms with E-state index in [1.54, 1.807) is 18.2 Å². The minimum atomic E-state index is -0.458. The molecule has 0 spiro atoms. The van der Waals surface area contributed by atoms with Gasteiger partial charge in [0.05, 0.1) is 13.3 Å². The van der Waals surface area contributed by atoms with E-state index in [0.717, 1.165) is 10.0 Å². The average Bonchev–Trinajstić information content (AvgIpc) is 2.51. The summed E-state index contributed by atoms with van der Waals surface area (Å²) in [6.45, 7) is 1.93. The van der Waals surface area contributed by atoms with Gasteiger partial charge in [0.15, 0.2) is 11.5 Å². The fourth-order valence-electron chi connectivity index (χ4n) is 1.83. The monoisotopic (exact) mass is 377 g/mol. The maximum atomic E-state index is 11.7. The topological polar surface area (TPSA) is 83.0 Å². The number of phenols is 1. The van der Waals surface area contributed by atoms with Crippen molar-refractivity contribution in [2.24, 2.45) is 5.10 Å². The quantitative estimate of drug-likeness (QED) is 0.561. The Hall–Kier alpha value is -2.54. The highest BCUT2D eigenvalue weighted by Crippen LogP contribution is 2.25. The number of hydrogen-bond acceptors (Lipinski definition) is 4. The summed E-state index contributed by atoms with van der Waals surface area (Å²) in [5.74, 6) is 0.379. The van der Waals surface area contributed by atoms with Gasteiger partial charge in [-0.15, -0.1) is 0 Å². The number of methoxy groups -OCH3 is 1. The van der Waals surface area contributed by atoms with Gasteiger partial charge in [-0.25, -0.2) is 10.2 Å². The summed E-state index contributed by atoms with van der Waals surface area (Å²) < 4.78 is 5.92. The molecule has 0 heterocycles. The Labute approximate surface area is 142 Å². The zero-order chi connectivity index (χ0) is 16.8. The van der Waals surface area contributed by atoms with Gasteiger partial charge in [0.25, 0.3) is 0 Å².